The van der Waals surface area contributed by atoms with Gasteiger partial charge >= 0.3 is 0 Å². The van der Waals surface area contributed by atoms with E-state index in [1.54, 1.807) is 7.11 Å². The van der Waals surface area contributed by atoms with Crippen LogP contribution in [-0.4, -0.2) is 19.5 Å². The van der Waals surface area contributed by atoms with Crippen LogP contribution in [0.1, 0.15) is 71.1 Å². The Kier molecular flexibility index (Phi) is 5.11. The molecule has 3 heteroatoms. The molecule has 0 N–H and O–H groups in total. The monoisotopic (exact) mass is 348 g/mol. The molecule has 3 rings (SSSR count). The van der Waals surface area contributed by atoms with Crippen molar-refractivity contribution in [3.63, 3.8) is 0 Å². The van der Waals surface area contributed by atoms with Gasteiger partial charge in [0.1, 0.15) is 12.6 Å². The van der Waals surface area contributed by atoms with Crippen LogP contribution in [0.4, 0.5) is 0 Å². The van der Waals surface area contributed by atoms with Crippen LogP contribution in [0, 0.1) is 29.6 Å². The first-order chi connectivity index (χ1) is 11.7. The quantitative estimate of drug-likeness (QED) is 0.635. The third kappa shape index (κ3) is 3.30. The maximum absolute atomic E-state index is 6.34. The van der Waals surface area contributed by atoms with Gasteiger partial charge in [-0.25, -0.2) is 0 Å². The van der Waals surface area contributed by atoms with Gasteiger partial charge in [0.15, 0.2) is 0 Å². The van der Waals surface area contributed by atoms with Crippen LogP contribution < -0.4 is 0 Å². The van der Waals surface area contributed by atoms with E-state index in [-0.39, 0.29) is 11.0 Å². The summed E-state index contributed by atoms with van der Waals surface area (Å²) in [6.45, 7) is 12.3. The minimum atomic E-state index is -0.159. The molecule has 0 radical (unpaired) electrons. The van der Waals surface area contributed by atoms with E-state index in [1.165, 1.54) is 31.2 Å². The first-order valence-electron chi connectivity index (χ1n) is 9.89. The molecule has 142 valence electrons. The molecule has 0 saturated heterocycles. The lowest BCUT2D eigenvalue weighted by Gasteiger charge is -2.62. The van der Waals surface area contributed by atoms with E-state index in [9.17, 15) is 0 Å². The summed E-state index contributed by atoms with van der Waals surface area (Å²) < 4.78 is 17.5. The molecular weight excluding hydrogens is 312 g/mol. The van der Waals surface area contributed by atoms with E-state index in [0.29, 0.717) is 18.1 Å². The number of fused-ring (bicyclic) bond motifs is 1. The molecule has 0 bridgehead atoms. The first kappa shape index (κ1) is 19.0. The van der Waals surface area contributed by atoms with E-state index < -0.39 is 0 Å². The number of rotatable bonds is 5. The van der Waals surface area contributed by atoms with E-state index in [2.05, 4.69) is 40.7 Å². The standard InChI is InChI=1S/C22H36O3/c1-16-9-13-24-17(16)14-19-21(4)11-7-10-20(2,3)18(21)8-12-22(19,5)25-15-23-6/h9,13,18-19H,7-8,10-12,14-15H2,1-6H3/t18-,19+,21-,22+/m0/s1. The number of hydrogen-bond acceptors (Lipinski definition) is 3. The summed E-state index contributed by atoms with van der Waals surface area (Å²) in [6, 6.07) is 2.08. The van der Waals surface area contributed by atoms with Gasteiger partial charge < -0.3 is 13.9 Å². The third-order valence-corrected chi connectivity index (χ3v) is 7.60. The maximum Gasteiger partial charge on any atom is 0.147 e. The van der Waals surface area contributed by atoms with Gasteiger partial charge in [0.25, 0.3) is 0 Å². The molecule has 1 aromatic heterocycles. The Morgan fingerprint density at radius 1 is 1.16 bits per heavy atom. The molecule has 4 atom stereocenters. The lowest BCUT2D eigenvalue weighted by molar-refractivity contribution is -0.220. The molecule has 2 fully saturated rings. The van der Waals surface area contributed by atoms with Crippen molar-refractivity contribution >= 4 is 0 Å². The predicted octanol–water partition coefficient (Wildman–Crippen LogP) is 5.75. The Labute approximate surface area is 153 Å². The molecule has 0 unspecified atom stereocenters. The summed E-state index contributed by atoms with van der Waals surface area (Å²) in [4.78, 5) is 0. The second-order valence-corrected chi connectivity index (χ2v) is 9.59. The van der Waals surface area contributed by atoms with Gasteiger partial charge in [-0.2, -0.15) is 0 Å². The molecule has 25 heavy (non-hydrogen) atoms. The number of methoxy groups -OCH3 is 1. The van der Waals surface area contributed by atoms with E-state index in [4.69, 9.17) is 13.9 Å². The van der Waals surface area contributed by atoms with Crippen molar-refractivity contribution in [2.24, 2.45) is 22.7 Å². The number of hydrogen-bond donors (Lipinski definition) is 0. The summed E-state index contributed by atoms with van der Waals surface area (Å²) in [5.74, 6) is 2.31. The van der Waals surface area contributed by atoms with Gasteiger partial charge in [0, 0.05) is 19.4 Å². The molecule has 2 aliphatic carbocycles. The fourth-order valence-corrected chi connectivity index (χ4v) is 6.22. The van der Waals surface area contributed by atoms with Crippen molar-refractivity contribution in [2.75, 3.05) is 13.9 Å². The summed E-state index contributed by atoms with van der Waals surface area (Å²) in [5, 5.41) is 0. The normalized spacial score (nSPS) is 37.7. The number of ether oxygens (including phenoxy) is 2. The summed E-state index contributed by atoms with van der Waals surface area (Å²) >= 11 is 0. The second-order valence-electron chi connectivity index (χ2n) is 9.59. The minimum absolute atomic E-state index is 0.159. The second kappa shape index (κ2) is 6.74. The zero-order valence-corrected chi connectivity index (χ0v) is 17.0. The average Bonchev–Trinajstić information content (AvgIpc) is 2.93. The zero-order valence-electron chi connectivity index (χ0n) is 17.0. The molecule has 1 heterocycles. The highest BCUT2D eigenvalue weighted by molar-refractivity contribution is 5.18. The molecule has 0 aromatic carbocycles. The lowest BCUT2D eigenvalue weighted by atomic mass is 9.45. The van der Waals surface area contributed by atoms with Crippen molar-refractivity contribution in [3.8, 4) is 0 Å². The van der Waals surface area contributed by atoms with Crippen LogP contribution >= 0.6 is 0 Å². The Hall–Kier alpha value is -0.800. The van der Waals surface area contributed by atoms with Crippen molar-refractivity contribution in [2.45, 2.75) is 78.7 Å². The Balaban J connectivity index is 1.98. The van der Waals surface area contributed by atoms with Gasteiger partial charge in [0.05, 0.1) is 11.9 Å². The van der Waals surface area contributed by atoms with Gasteiger partial charge in [0.2, 0.25) is 0 Å². The van der Waals surface area contributed by atoms with Gasteiger partial charge in [-0.05, 0) is 67.9 Å². The number of aryl methyl sites for hydroxylation is 1. The van der Waals surface area contributed by atoms with Gasteiger partial charge in [-0.15, -0.1) is 0 Å². The fourth-order valence-electron chi connectivity index (χ4n) is 6.22. The Bertz CT molecular complexity index is 590. The predicted molar refractivity (Wildman–Crippen MR) is 100 cm³/mol. The van der Waals surface area contributed by atoms with Crippen molar-refractivity contribution < 1.29 is 13.9 Å². The van der Waals surface area contributed by atoms with Crippen LogP contribution in [-0.2, 0) is 15.9 Å². The van der Waals surface area contributed by atoms with Crippen LogP contribution in [0.5, 0.6) is 0 Å². The summed E-state index contributed by atoms with van der Waals surface area (Å²) in [7, 11) is 1.71. The highest BCUT2D eigenvalue weighted by atomic mass is 16.7. The van der Waals surface area contributed by atoms with E-state index in [0.717, 1.165) is 24.5 Å². The average molecular weight is 349 g/mol. The first-order valence-corrected chi connectivity index (χ1v) is 9.89. The molecule has 0 spiro atoms. The summed E-state index contributed by atoms with van der Waals surface area (Å²) in [6.07, 6.45) is 9.08. The van der Waals surface area contributed by atoms with Gasteiger partial charge in [-0.3, -0.25) is 0 Å². The zero-order chi connectivity index (χ0) is 18.3. The van der Waals surface area contributed by atoms with E-state index >= 15 is 0 Å². The van der Waals surface area contributed by atoms with Crippen molar-refractivity contribution in [1.29, 1.82) is 0 Å². The molecule has 1 aromatic rings. The molecule has 0 aliphatic heterocycles. The molecular formula is C22H36O3. The maximum atomic E-state index is 6.34. The molecule has 2 aliphatic rings. The third-order valence-electron chi connectivity index (χ3n) is 7.60. The van der Waals surface area contributed by atoms with Gasteiger partial charge in [-0.1, -0.05) is 27.2 Å². The van der Waals surface area contributed by atoms with Crippen molar-refractivity contribution in [3.05, 3.63) is 23.7 Å². The SMILES string of the molecule is COCO[C@]1(C)CC[C@H]2C(C)(C)CCC[C@]2(C)[C@H]1Cc1occc1C. The van der Waals surface area contributed by atoms with Crippen LogP contribution in [0.25, 0.3) is 0 Å². The minimum Gasteiger partial charge on any atom is -0.469 e. The Morgan fingerprint density at radius 3 is 2.56 bits per heavy atom. The Morgan fingerprint density at radius 2 is 1.92 bits per heavy atom. The van der Waals surface area contributed by atoms with Crippen LogP contribution in [0.3, 0.4) is 0 Å². The lowest BCUT2D eigenvalue weighted by Crippen LogP contribution is -2.59. The highest BCUT2D eigenvalue weighted by Crippen LogP contribution is 2.63. The van der Waals surface area contributed by atoms with E-state index in [1.807, 2.05) is 6.26 Å². The highest BCUT2D eigenvalue weighted by Gasteiger charge is 2.59. The van der Waals surface area contributed by atoms with Crippen molar-refractivity contribution in [1.82, 2.24) is 0 Å². The fraction of sp³-hybridized carbons (Fsp3) is 0.818. The van der Waals surface area contributed by atoms with Crippen LogP contribution in [0.2, 0.25) is 0 Å². The molecule has 0 amide bonds. The summed E-state index contributed by atoms with van der Waals surface area (Å²) in [5.41, 5.74) is 1.79. The smallest absolute Gasteiger partial charge is 0.147 e. The largest absolute Gasteiger partial charge is 0.469 e. The topological polar surface area (TPSA) is 31.6 Å². The molecule has 3 nitrogen and oxygen atoms in total. The number of furan rings is 1. The molecule has 2 saturated carbocycles. The van der Waals surface area contributed by atoms with Crippen LogP contribution in [0.15, 0.2) is 16.7 Å².